The third-order valence-corrected chi connectivity index (χ3v) is 4.27. The summed E-state index contributed by atoms with van der Waals surface area (Å²) in [6.07, 6.45) is -0.794. The Labute approximate surface area is 131 Å². The van der Waals surface area contributed by atoms with E-state index in [0.29, 0.717) is 17.9 Å². The van der Waals surface area contributed by atoms with Gasteiger partial charge in [0.05, 0.1) is 22.0 Å². The average molecular weight is 357 g/mol. The molecule has 0 aliphatic rings. The standard InChI is InChI=1S/C15H18BrFN2O2/c1-4-19-13(15(16)9(2)18-19)8-21-14-6-5-11(17)7-12(14)10(3)20/h5-7,10,20H,4,8H2,1-3H3. The van der Waals surface area contributed by atoms with Gasteiger partial charge in [0.2, 0.25) is 0 Å². The van der Waals surface area contributed by atoms with E-state index in [-0.39, 0.29) is 0 Å². The molecule has 1 atom stereocenters. The number of hydrogen-bond donors (Lipinski definition) is 1. The monoisotopic (exact) mass is 356 g/mol. The summed E-state index contributed by atoms with van der Waals surface area (Å²) in [5, 5.41) is 14.1. The molecule has 0 aliphatic heterocycles. The van der Waals surface area contributed by atoms with Gasteiger partial charge in [-0.25, -0.2) is 4.39 Å². The van der Waals surface area contributed by atoms with Crippen LogP contribution in [-0.4, -0.2) is 14.9 Å². The molecular weight excluding hydrogens is 339 g/mol. The van der Waals surface area contributed by atoms with E-state index in [1.807, 2.05) is 18.5 Å². The Kier molecular flexibility index (Phi) is 5.00. The highest BCUT2D eigenvalue weighted by Gasteiger charge is 2.15. The fourth-order valence-electron chi connectivity index (χ4n) is 2.13. The summed E-state index contributed by atoms with van der Waals surface area (Å²) in [6.45, 7) is 6.52. The van der Waals surface area contributed by atoms with E-state index >= 15 is 0 Å². The van der Waals surface area contributed by atoms with Gasteiger partial charge in [0, 0.05) is 12.1 Å². The molecule has 1 aromatic heterocycles. The fraction of sp³-hybridized carbons (Fsp3) is 0.400. The van der Waals surface area contributed by atoms with Gasteiger partial charge >= 0.3 is 0 Å². The van der Waals surface area contributed by atoms with E-state index in [1.54, 1.807) is 6.92 Å². The van der Waals surface area contributed by atoms with E-state index in [1.165, 1.54) is 18.2 Å². The quantitative estimate of drug-likeness (QED) is 0.887. The predicted molar refractivity (Wildman–Crippen MR) is 81.7 cm³/mol. The first-order valence-electron chi connectivity index (χ1n) is 6.76. The average Bonchev–Trinajstić information content (AvgIpc) is 2.72. The molecule has 114 valence electrons. The van der Waals surface area contributed by atoms with Crippen molar-refractivity contribution in [2.75, 3.05) is 0 Å². The molecule has 2 rings (SSSR count). The van der Waals surface area contributed by atoms with Gasteiger partial charge in [-0.1, -0.05) is 0 Å². The lowest BCUT2D eigenvalue weighted by atomic mass is 10.1. The number of aryl methyl sites for hydroxylation is 2. The van der Waals surface area contributed by atoms with E-state index in [0.717, 1.165) is 22.4 Å². The number of benzene rings is 1. The molecule has 0 bridgehead atoms. The Morgan fingerprint density at radius 2 is 2.19 bits per heavy atom. The number of aromatic nitrogens is 2. The number of aliphatic hydroxyl groups excluding tert-OH is 1. The van der Waals surface area contributed by atoms with Gasteiger partial charge < -0.3 is 9.84 Å². The van der Waals surface area contributed by atoms with Crippen LogP contribution in [0.3, 0.4) is 0 Å². The Morgan fingerprint density at radius 3 is 2.81 bits per heavy atom. The topological polar surface area (TPSA) is 47.3 Å². The molecular formula is C15H18BrFN2O2. The first-order valence-corrected chi connectivity index (χ1v) is 7.55. The van der Waals surface area contributed by atoms with Crippen LogP contribution >= 0.6 is 15.9 Å². The van der Waals surface area contributed by atoms with Gasteiger partial charge in [-0.05, 0) is 54.9 Å². The molecule has 1 heterocycles. The van der Waals surface area contributed by atoms with Gasteiger partial charge in [0.1, 0.15) is 18.2 Å². The molecule has 0 spiro atoms. The lowest BCUT2D eigenvalue weighted by Gasteiger charge is -2.14. The smallest absolute Gasteiger partial charge is 0.131 e. The summed E-state index contributed by atoms with van der Waals surface area (Å²) < 4.78 is 21.8. The van der Waals surface area contributed by atoms with E-state index in [4.69, 9.17) is 4.74 Å². The summed E-state index contributed by atoms with van der Waals surface area (Å²) in [5.41, 5.74) is 2.24. The SMILES string of the molecule is CCn1nc(C)c(Br)c1COc1ccc(F)cc1C(C)O. The highest BCUT2D eigenvalue weighted by atomic mass is 79.9. The molecule has 0 amide bonds. The minimum Gasteiger partial charge on any atom is -0.487 e. The van der Waals surface area contributed by atoms with Crippen molar-refractivity contribution in [2.45, 2.75) is 40.0 Å². The van der Waals surface area contributed by atoms with Crippen LogP contribution in [-0.2, 0) is 13.2 Å². The van der Waals surface area contributed by atoms with Crippen molar-refractivity contribution < 1.29 is 14.2 Å². The van der Waals surface area contributed by atoms with Crippen LogP contribution in [0.4, 0.5) is 4.39 Å². The number of halogens is 2. The summed E-state index contributed by atoms with van der Waals surface area (Å²) in [6, 6.07) is 4.14. The normalized spacial score (nSPS) is 12.5. The summed E-state index contributed by atoms with van der Waals surface area (Å²) in [7, 11) is 0. The van der Waals surface area contributed by atoms with E-state index < -0.39 is 11.9 Å². The predicted octanol–water partition coefficient (Wildman–Crippen LogP) is 3.75. The number of nitrogens with zero attached hydrogens (tertiary/aromatic N) is 2. The van der Waals surface area contributed by atoms with Crippen LogP contribution in [0.25, 0.3) is 0 Å². The van der Waals surface area contributed by atoms with Crippen molar-refractivity contribution in [3.63, 3.8) is 0 Å². The first kappa shape index (κ1) is 16.0. The van der Waals surface area contributed by atoms with Crippen molar-refractivity contribution >= 4 is 15.9 Å². The lowest BCUT2D eigenvalue weighted by molar-refractivity contribution is 0.188. The molecule has 1 unspecified atom stereocenters. The molecule has 1 aromatic carbocycles. The molecule has 1 N–H and O–H groups in total. The summed E-state index contributed by atoms with van der Waals surface area (Å²) in [5.74, 6) is 0.0775. The zero-order valence-corrected chi connectivity index (χ0v) is 13.8. The van der Waals surface area contributed by atoms with Crippen LogP contribution in [0.15, 0.2) is 22.7 Å². The van der Waals surface area contributed by atoms with E-state index in [9.17, 15) is 9.50 Å². The van der Waals surface area contributed by atoms with Gasteiger partial charge in [0.15, 0.2) is 0 Å². The van der Waals surface area contributed by atoms with Crippen LogP contribution in [0.5, 0.6) is 5.75 Å². The maximum atomic E-state index is 13.3. The Hall–Kier alpha value is -1.40. The van der Waals surface area contributed by atoms with Crippen LogP contribution in [0.2, 0.25) is 0 Å². The first-order chi connectivity index (χ1) is 9.93. The molecule has 0 saturated heterocycles. The van der Waals surface area contributed by atoms with Crippen molar-refractivity contribution in [1.82, 2.24) is 9.78 Å². The second-order valence-corrected chi connectivity index (χ2v) is 5.60. The second-order valence-electron chi connectivity index (χ2n) is 4.81. The Bertz CT molecular complexity index is 641. The zero-order valence-electron chi connectivity index (χ0n) is 12.2. The zero-order chi connectivity index (χ0) is 15.6. The lowest BCUT2D eigenvalue weighted by Crippen LogP contribution is -2.08. The van der Waals surface area contributed by atoms with Crippen molar-refractivity contribution in [3.8, 4) is 5.75 Å². The van der Waals surface area contributed by atoms with E-state index in [2.05, 4.69) is 21.0 Å². The number of hydrogen-bond acceptors (Lipinski definition) is 3. The van der Waals surface area contributed by atoms with Crippen LogP contribution in [0, 0.1) is 12.7 Å². The summed E-state index contributed by atoms with van der Waals surface area (Å²) >= 11 is 3.50. The fourth-order valence-corrected chi connectivity index (χ4v) is 2.53. The molecule has 2 aromatic rings. The molecule has 0 radical (unpaired) electrons. The van der Waals surface area contributed by atoms with Crippen molar-refractivity contribution in [2.24, 2.45) is 0 Å². The number of aliphatic hydroxyl groups is 1. The molecule has 6 heteroatoms. The molecule has 0 fully saturated rings. The Balaban J connectivity index is 2.25. The maximum Gasteiger partial charge on any atom is 0.131 e. The number of rotatable bonds is 5. The maximum absolute atomic E-state index is 13.3. The number of ether oxygens (including phenoxy) is 1. The largest absolute Gasteiger partial charge is 0.487 e. The highest BCUT2D eigenvalue weighted by Crippen LogP contribution is 2.28. The highest BCUT2D eigenvalue weighted by molar-refractivity contribution is 9.10. The minimum absolute atomic E-state index is 0.292. The van der Waals surface area contributed by atoms with Gasteiger partial charge in [-0.3, -0.25) is 4.68 Å². The third kappa shape index (κ3) is 3.44. The van der Waals surface area contributed by atoms with Crippen LogP contribution in [0.1, 0.15) is 36.9 Å². The van der Waals surface area contributed by atoms with Gasteiger partial charge in [0.25, 0.3) is 0 Å². The van der Waals surface area contributed by atoms with Crippen molar-refractivity contribution in [3.05, 3.63) is 45.4 Å². The second kappa shape index (κ2) is 6.58. The minimum atomic E-state index is -0.794. The summed E-state index contributed by atoms with van der Waals surface area (Å²) in [4.78, 5) is 0. The van der Waals surface area contributed by atoms with Crippen LogP contribution < -0.4 is 4.74 Å². The van der Waals surface area contributed by atoms with Gasteiger partial charge in [-0.2, -0.15) is 5.10 Å². The molecule has 4 nitrogen and oxygen atoms in total. The van der Waals surface area contributed by atoms with Crippen molar-refractivity contribution in [1.29, 1.82) is 0 Å². The molecule has 0 saturated carbocycles. The molecule has 21 heavy (non-hydrogen) atoms. The molecule has 0 aliphatic carbocycles. The Morgan fingerprint density at radius 1 is 1.48 bits per heavy atom. The third-order valence-electron chi connectivity index (χ3n) is 3.24. The van der Waals surface area contributed by atoms with Gasteiger partial charge in [-0.15, -0.1) is 0 Å².